The number of benzene rings is 1. The van der Waals surface area contributed by atoms with Crippen molar-refractivity contribution in [2.75, 3.05) is 0 Å². The maximum Gasteiger partial charge on any atom is 0.283 e. The number of rotatable bonds is 4. The quantitative estimate of drug-likeness (QED) is 0.672. The Labute approximate surface area is 175 Å². The van der Waals surface area contributed by atoms with Gasteiger partial charge in [-0.05, 0) is 49.1 Å². The molecule has 4 rings (SSSR count). The molecule has 0 atom stereocenters. The van der Waals surface area contributed by atoms with Crippen molar-refractivity contribution in [3.05, 3.63) is 93.5 Å². The van der Waals surface area contributed by atoms with E-state index in [0.717, 1.165) is 24.0 Å². The van der Waals surface area contributed by atoms with Crippen molar-refractivity contribution in [2.24, 2.45) is 4.99 Å². The Hall–Kier alpha value is -3.28. The Morgan fingerprint density at radius 2 is 1.83 bits per heavy atom. The van der Waals surface area contributed by atoms with Crippen LogP contribution >= 0.6 is 0 Å². The zero-order valence-electron chi connectivity index (χ0n) is 17.2. The van der Waals surface area contributed by atoms with Gasteiger partial charge in [-0.1, -0.05) is 49.6 Å². The van der Waals surface area contributed by atoms with Crippen molar-refractivity contribution >= 4 is 5.91 Å². The van der Waals surface area contributed by atoms with Gasteiger partial charge in [0.05, 0.1) is 12.6 Å². The van der Waals surface area contributed by atoms with Gasteiger partial charge in [0.25, 0.3) is 11.5 Å². The van der Waals surface area contributed by atoms with Crippen LogP contribution in [0.3, 0.4) is 0 Å². The van der Waals surface area contributed by atoms with Crippen LogP contribution in [0.15, 0.2) is 70.6 Å². The van der Waals surface area contributed by atoms with Crippen LogP contribution in [0.4, 0.5) is 0 Å². The predicted molar refractivity (Wildman–Crippen MR) is 115 cm³/mol. The first-order chi connectivity index (χ1) is 14.6. The van der Waals surface area contributed by atoms with Gasteiger partial charge in [-0.3, -0.25) is 19.1 Å². The lowest BCUT2D eigenvalue weighted by atomic mass is 9.96. The smallest absolute Gasteiger partial charge is 0.268 e. The highest BCUT2D eigenvalue weighted by atomic mass is 16.2. The SMILES string of the molecule is Cc1ccn(C(=O)c2ccc(=O)n(Cc3ccccc3)n2)c(=NC2CCCCC2)c1. The van der Waals surface area contributed by atoms with Crippen LogP contribution in [0, 0.1) is 6.92 Å². The van der Waals surface area contributed by atoms with Gasteiger partial charge in [0.1, 0.15) is 11.2 Å². The molecule has 154 valence electrons. The van der Waals surface area contributed by atoms with Crippen LogP contribution in [-0.2, 0) is 6.54 Å². The second kappa shape index (κ2) is 9.03. The van der Waals surface area contributed by atoms with Crippen LogP contribution in [0.1, 0.15) is 53.7 Å². The van der Waals surface area contributed by atoms with Crippen molar-refractivity contribution in [3.63, 3.8) is 0 Å². The molecule has 0 N–H and O–H groups in total. The lowest BCUT2D eigenvalue weighted by Gasteiger charge is -2.18. The van der Waals surface area contributed by atoms with Crippen LogP contribution < -0.4 is 11.0 Å². The third-order valence-electron chi connectivity index (χ3n) is 5.46. The molecular weight excluding hydrogens is 376 g/mol. The summed E-state index contributed by atoms with van der Waals surface area (Å²) in [5.41, 5.74) is 2.63. The fourth-order valence-corrected chi connectivity index (χ4v) is 3.81. The summed E-state index contributed by atoms with van der Waals surface area (Å²) in [5, 5.41) is 4.35. The molecule has 0 unspecified atom stereocenters. The van der Waals surface area contributed by atoms with E-state index < -0.39 is 0 Å². The number of carbonyl (C=O) groups excluding carboxylic acids is 1. The average Bonchev–Trinajstić information content (AvgIpc) is 2.76. The summed E-state index contributed by atoms with van der Waals surface area (Å²) in [6.07, 6.45) is 7.48. The maximum absolute atomic E-state index is 13.3. The number of carbonyl (C=O) groups is 1. The van der Waals surface area contributed by atoms with Crippen LogP contribution in [0.25, 0.3) is 0 Å². The van der Waals surface area contributed by atoms with Crippen molar-refractivity contribution in [1.82, 2.24) is 14.3 Å². The molecule has 1 saturated carbocycles. The first-order valence-corrected chi connectivity index (χ1v) is 10.5. The Bertz CT molecular complexity index is 1160. The zero-order chi connectivity index (χ0) is 20.9. The van der Waals surface area contributed by atoms with Gasteiger partial charge in [-0.25, -0.2) is 4.68 Å². The third kappa shape index (κ3) is 4.64. The maximum atomic E-state index is 13.3. The van der Waals surface area contributed by atoms with E-state index >= 15 is 0 Å². The Morgan fingerprint density at radius 3 is 2.60 bits per heavy atom. The van der Waals surface area contributed by atoms with Gasteiger partial charge in [-0.15, -0.1) is 0 Å². The largest absolute Gasteiger partial charge is 0.283 e. The van der Waals surface area contributed by atoms with Gasteiger partial charge in [0, 0.05) is 12.3 Å². The van der Waals surface area contributed by atoms with Crippen LogP contribution in [-0.4, -0.2) is 26.3 Å². The summed E-state index contributed by atoms with van der Waals surface area (Å²) in [5.74, 6) is -0.286. The number of aryl methyl sites for hydroxylation is 1. The minimum absolute atomic E-state index is 0.222. The second-order valence-corrected chi connectivity index (χ2v) is 7.86. The number of hydrogen-bond acceptors (Lipinski definition) is 4. The van der Waals surface area contributed by atoms with Gasteiger partial charge in [-0.2, -0.15) is 5.10 Å². The molecule has 0 aliphatic heterocycles. The summed E-state index contributed by atoms with van der Waals surface area (Å²) in [4.78, 5) is 30.4. The summed E-state index contributed by atoms with van der Waals surface area (Å²) in [6, 6.07) is 16.6. The minimum atomic E-state index is -0.286. The van der Waals surface area contributed by atoms with Gasteiger partial charge in [0.15, 0.2) is 0 Å². The number of aromatic nitrogens is 3. The van der Waals surface area contributed by atoms with E-state index in [0.29, 0.717) is 12.0 Å². The molecule has 1 fully saturated rings. The van der Waals surface area contributed by atoms with E-state index in [1.807, 2.05) is 49.4 Å². The number of nitrogens with zero attached hydrogens (tertiary/aromatic N) is 4. The Balaban J connectivity index is 1.69. The minimum Gasteiger partial charge on any atom is -0.268 e. The molecule has 2 aromatic heterocycles. The molecule has 1 aliphatic rings. The average molecular weight is 402 g/mol. The van der Waals surface area contributed by atoms with Crippen molar-refractivity contribution in [1.29, 1.82) is 0 Å². The van der Waals surface area contributed by atoms with E-state index in [4.69, 9.17) is 4.99 Å². The van der Waals surface area contributed by atoms with Crippen molar-refractivity contribution in [2.45, 2.75) is 51.6 Å². The van der Waals surface area contributed by atoms with Gasteiger partial charge in [0.2, 0.25) is 0 Å². The summed E-state index contributed by atoms with van der Waals surface area (Å²) in [7, 11) is 0. The normalized spacial score (nSPS) is 15.3. The third-order valence-corrected chi connectivity index (χ3v) is 5.46. The molecule has 3 aromatic rings. The molecule has 0 bridgehead atoms. The van der Waals surface area contributed by atoms with Gasteiger partial charge < -0.3 is 0 Å². The molecule has 6 nitrogen and oxygen atoms in total. The topological polar surface area (TPSA) is 69.2 Å². The molecule has 0 spiro atoms. The van der Waals surface area contributed by atoms with E-state index in [1.54, 1.807) is 10.8 Å². The molecule has 1 aliphatic carbocycles. The highest BCUT2D eigenvalue weighted by Gasteiger charge is 2.16. The Kier molecular flexibility index (Phi) is 6.02. The van der Waals surface area contributed by atoms with E-state index in [9.17, 15) is 9.59 Å². The predicted octanol–water partition coefficient (Wildman–Crippen LogP) is 3.32. The summed E-state index contributed by atoms with van der Waals surface area (Å²) >= 11 is 0. The monoisotopic (exact) mass is 402 g/mol. The molecule has 30 heavy (non-hydrogen) atoms. The first kappa shape index (κ1) is 20.0. The molecule has 6 heteroatoms. The van der Waals surface area contributed by atoms with Crippen LogP contribution in [0.5, 0.6) is 0 Å². The second-order valence-electron chi connectivity index (χ2n) is 7.86. The zero-order valence-corrected chi connectivity index (χ0v) is 17.2. The molecule has 0 amide bonds. The lowest BCUT2D eigenvalue weighted by molar-refractivity contribution is 0.0947. The fraction of sp³-hybridized carbons (Fsp3) is 0.333. The molecule has 1 aromatic carbocycles. The van der Waals surface area contributed by atoms with Crippen molar-refractivity contribution in [3.8, 4) is 0 Å². The van der Waals surface area contributed by atoms with Crippen LogP contribution in [0.2, 0.25) is 0 Å². The van der Waals surface area contributed by atoms with E-state index in [-0.39, 0.29) is 23.2 Å². The number of pyridine rings is 1. The standard InChI is InChI=1S/C24H26N4O2/c1-18-14-15-27(22(16-18)25-20-10-6-3-7-11-20)24(30)21-12-13-23(29)28(26-21)17-19-8-4-2-5-9-19/h2,4-5,8-9,12-16,20H,3,6-7,10-11,17H2,1H3. The molecule has 0 radical (unpaired) electrons. The highest BCUT2D eigenvalue weighted by Crippen LogP contribution is 2.19. The molecular formula is C24H26N4O2. The summed E-state index contributed by atoms with van der Waals surface area (Å²) in [6.45, 7) is 2.31. The lowest BCUT2D eigenvalue weighted by Crippen LogP contribution is -2.32. The molecule has 2 heterocycles. The summed E-state index contributed by atoms with van der Waals surface area (Å²) < 4.78 is 2.87. The van der Waals surface area contributed by atoms with E-state index in [2.05, 4.69) is 5.10 Å². The number of hydrogen-bond donors (Lipinski definition) is 0. The first-order valence-electron chi connectivity index (χ1n) is 10.5. The Morgan fingerprint density at radius 1 is 1.07 bits per heavy atom. The fourth-order valence-electron chi connectivity index (χ4n) is 3.81. The van der Waals surface area contributed by atoms with Crippen molar-refractivity contribution < 1.29 is 4.79 Å². The molecule has 0 saturated heterocycles. The van der Waals surface area contributed by atoms with E-state index in [1.165, 1.54) is 36.1 Å². The van der Waals surface area contributed by atoms with Gasteiger partial charge >= 0.3 is 0 Å². The highest BCUT2D eigenvalue weighted by molar-refractivity contribution is 5.93.